The van der Waals surface area contributed by atoms with Gasteiger partial charge in [-0.3, -0.25) is 4.68 Å². The molecule has 1 fully saturated rings. The molecule has 1 aliphatic carbocycles. The lowest BCUT2D eigenvalue weighted by Gasteiger charge is -2.25. The molecule has 1 unspecified atom stereocenters. The van der Waals surface area contributed by atoms with Crippen LogP contribution in [0.1, 0.15) is 61.3 Å². The smallest absolute Gasteiger partial charge is 0.368 e. The van der Waals surface area contributed by atoms with E-state index < -0.39 is 30.1 Å². The van der Waals surface area contributed by atoms with Gasteiger partial charge in [0.1, 0.15) is 12.0 Å². The van der Waals surface area contributed by atoms with Gasteiger partial charge >= 0.3 is 6.18 Å². The lowest BCUT2D eigenvalue weighted by molar-refractivity contribution is -0.141. The van der Waals surface area contributed by atoms with E-state index in [1.54, 1.807) is 10.9 Å². The highest BCUT2D eigenvalue weighted by atomic mass is 19.4. The van der Waals surface area contributed by atoms with Gasteiger partial charge < -0.3 is 15.2 Å². The third kappa shape index (κ3) is 4.97. The third-order valence-electron chi connectivity index (χ3n) is 5.87. The van der Waals surface area contributed by atoms with Crippen LogP contribution in [0.2, 0.25) is 0 Å². The van der Waals surface area contributed by atoms with E-state index in [1.165, 1.54) is 18.2 Å². The lowest BCUT2D eigenvalue weighted by Crippen LogP contribution is -2.19. The van der Waals surface area contributed by atoms with Crippen molar-refractivity contribution in [3.63, 3.8) is 0 Å². The molecule has 2 N–H and O–H groups in total. The van der Waals surface area contributed by atoms with E-state index in [4.69, 9.17) is 0 Å². The predicted molar refractivity (Wildman–Crippen MR) is 110 cm³/mol. The fourth-order valence-electron chi connectivity index (χ4n) is 4.08. The van der Waals surface area contributed by atoms with Gasteiger partial charge in [0.25, 0.3) is 6.43 Å². The van der Waals surface area contributed by atoms with Crippen molar-refractivity contribution in [2.24, 2.45) is 5.92 Å². The number of anilines is 1. The second-order valence-corrected chi connectivity index (χ2v) is 8.11. The predicted octanol–water partition coefficient (Wildman–Crippen LogP) is 5.42. The van der Waals surface area contributed by atoms with Gasteiger partial charge in [-0.1, -0.05) is 6.07 Å². The SMILES string of the molecule is O=CC1CCC(n2cc3cc(NC(O)c4cccc(C(F)(F)F)n4)c(C(F)F)cc3n2)CC1. The molecule has 0 spiro atoms. The first kappa shape index (κ1) is 23.1. The second-order valence-electron chi connectivity index (χ2n) is 8.11. The Labute approximate surface area is 185 Å². The number of alkyl halides is 5. The number of hydrogen-bond acceptors (Lipinski definition) is 5. The topological polar surface area (TPSA) is 80.0 Å². The number of benzene rings is 1. The summed E-state index contributed by atoms with van der Waals surface area (Å²) >= 11 is 0. The highest BCUT2D eigenvalue weighted by Gasteiger charge is 2.33. The molecule has 2 aromatic heterocycles. The average Bonchev–Trinajstić information content (AvgIpc) is 3.21. The van der Waals surface area contributed by atoms with Gasteiger partial charge in [0.2, 0.25) is 0 Å². The molecule has 2 heterocycles. The van der Waals surface area contributed by atoms with Crippen molar-refractivity contribution in [2.45, 2.75) is 50.6 Å². The maximum Gasteiger partial charge on any atom is 0.433 e. The summed E-state index contributed by atoms with van der Waals surface area (Å²) in [6, 6.07) is 5.62. The van der Waals surface area contributed by atoms with Crippen LogP contribution in [-0.2, 0) is 11.0 Å². The van der Waals surface area contributed by atoms with Crippen molar-refractivity contribution in [3.8, 4) is 0 Å². The van der Waals surface area contributed by atoms with Gasteiger partial charge in [-0.2, -0.15) is 18.3 Å². The van der Waals surface area contributed by atoms with E-state index in [0.29, 0.717) is 10.9 Å². The minimum absolute atomic E-state index is 0.0263. The van der Waals surface area contributed by atoms with E-state index in [9.17, 15) is 31.9 Å². The number of carbonyl (C=O) groups is 1. The zero-order valence-electron chi connectivity index (χ0n) is 17.3. The van der Waals surface area contributed by atoms with Crippen molar-refractivity contribution in [2.75, 3.05) is 5.32 Å². The van der Waals surface area contributed by atoms with Gasteiger partial charge in [0.15, 0.2) is 6.23 Å². The van der Waals surface area contributed by atoms with E-state index in [-0.39, 0.29) is 23.3 Å². The number of aldehydes is 1. The molecule has 1 aromatic carbocycles. The molecule has 6 nitrogen and oxygen atoms in total. The maximum absolute atomic E-state index is 13.7. The first-order chi connectivity index (χ1) is 15.7. The normalized spacial score (nSPS) is 20.2. The molecule has 1 atom stereocenters. The van der Waals surface area contributed by atoms with Crippen molar-refractivity contribution in [1.82, 2.24) is 14.8 Å². The van der Waals surface area contributed by atoms with Crippen molar-refractivity contribution < 1.29 is 31.9 Å². The minimum atomic E-state index is -4.71. The van der Waals surface area contributed by atoms with Crippen LogP contribution < -0.4 is 5.32 Å². The number of nitrogens with one attached hydrogen (secondary N) is 1. The average molecular weight is 468 g/mol. The molecular weight excluding hydrogens is 447 g/mol. The van der Waals surface area contributed by atoms with Crippen LogP contribution in [0.15, 0.2) is 36.5 Å². The van der Waals surface area contributed by atoms with Gasteiger partial charge in [0.05, 0.1) is 17.3 Å². The fraction of sp³-hybridized carbons (Fsp3) is 0.409. The molecule has 11 heteroatoms. The molecule has 176 valence electrons. The Hall–Kier alpha value is -3.08. The number of aliphatic hydroxyl groups excluding tert-OH is 1. The summed E-state index contributed by atoms with van der Waals surface area (Å²) in [4.78, 5) is 14.3. The number of halogens is 5. The van der Waals surface area contributed by atoms with Crippen molar-refractivity contribution in [1.29, 1.82) is 0 Å². The number of pyridine rings is 1. The third-order valence-corrected chi connectivity index (χ3v) is 5.87. The molecule has 33 heavy (non-hydrogen) atoms. The Kier molecular flexibility index (Phi) is 6.33. The van der Waals surface area contributed by atoms with E-state index in [1.807, 2.05) is 0 Å². The molecule has 1 saturated carbocycles. The summed E-state index contributed by atoms with van der Waals surface area (Å²) in [6.07, 6.45) is -3.76. The molecule has 0 radical (unpaired) electrons. The van der Waals surface area contributed by atoms with Gasteiger partial charge in [-0.15, -0.1) is 0 Å². The fourth-order valence-corrected chi connectivity index (χ4v) is 4.08. The van der Waals surface area contributed by atoms with Gasteiger partial charge in [-0.25, -0.2) is 13.8 Å². The Morgan fingerprint density at radius 3 is 2.52 bits per heavy atom. The maximum atomic E-state index is 13.7. The molecule has 0 saturated heterocycles. The minimum Gasteiger partial charge on any atom is -0.368 e. The summed E-state index contributed by atoms with van der Waals surface area (Å²) in [6.45, 7) is 0. The van der Waals surface area contributed by atoms with Crippen LogP contribution in [0, 0.1) is 5.92 Å². The number of nitrogens with zero attached hydrogens (tertiary/aromatic N) is 3. The van der Waals surface area contributed by atoms with Crippen LogP contribution in [-0.4, -0.2) is 26.2 Å². The number of rotatable bonds is 6. The number of carbonyl (C=O) groups excluding carboxylic acids is 1. The Morgan fingerprint density at radius 1 is 1.15 bits per heavy atom. The van der Waals surface area contributed by atoms with Crippen LogP contribution >= 0.6 is 0 Å². The molecule has 0 bridgehead atoms. The molecule has 4 rings (SSSR count). The summed E-state index contributed by atoms with van der Waals surface area (Å²) in [5.74, 6) is 0.0263. The molecule has 0 amide bonds. The van der Waals surface area contributed by atoms with Crippen molar-refractivity contribution >= 4 is 22.9 Å². The zero-order valence-corrected chi connectivity index (χ0v) is 17.3. The van der Waals surface area contributed by atoms with Crippen molar-refractivity contribution in [3.05, 3.63) is 53.5 Å². The van der Waals surface area contributed by atoms with Crippen LogP contribution in [0.5, 0.6) is 0 Å². The first-order valence-corrected chi connectivity index (χ1v) is 10.4. The summed E-state index contributed by atoms with van der Waals surface area (Å²) in [7, 11) is 0. The lowest BCUT2D eigenvalue weighted by atomic mass is 9.87. The monoisotopic (exact) mass is 468 g/mol. The van der Waals surface area contributed by atoms with E-state index in [2.05, 4.69) is 15.4 Å². The second kappa shape index (κ2) is 9.05. The molecule has 3 aromatic rings. The zero-order chi connectivity index (χ0) is 23.8. The number of fused-ring (bicyclic) bond motifs is 1. The van der Waals surface area contributed by atoms with Gasteiger partial charge in [0, 0.05) is 28.8 Å². The highest BCUT2D eigenvalue weighted by Crippen LogP contribution is 2.36. The Bertz CT molecular complexity index is 1140. The number of hydrogen-bond donors (Lipinski definition) is 2. The van der Waals surface area contributed by atoms with E-state index in [0.717, 1.165) is 44.1 Å². The standard InChI is InChI=1S/C22H21F5N4O2/c23-20(24)15-9-17-13(10-31(30-17)14-6-4-12(11-32)5-7-14)8-18(15)29-21(33)16-2-1-3-19(28-16)22(25,26)27/h1-3,8-12,14,20-21,29,33H,4-7H2. The summed E-state index contributed by atoms with van der Waals surface area (Å²) in [5, 5.41) is 17.8. The Balaban J connectivity index is 1.61. The quantitative estimate of drug-likeness (QED) is 0.287. The summed E-state index contributed by atoms with van der Waals surface area (Å²) < 4.78 is 67.9. The highest BCUT2D eigenvalue weighted by molar-refractivity contribution is 5.84. The largest absolute Gasteiger partial charge is 0.433 e. The van der Waals surface area contributed by atoms with Crippen LogP contribution in [0.4, 0.5) is 27.6 Å². The summed E-state index contributed by atoms with van der Waals surface area (Å²) in [5.41, 5.74) is -1.79. The first-order valence-electron chi connectivity index (χ1n) is 10.4. The Morgan fingerprint density at radius 2 is 1.88 bits per heavy atom. The molecule has 1 aliphatic rings. The number of aliphatic hydroxyl groups is 1. The number of aromatic nitrogens is 3. The molecular formula is C22H21F5N4O2. The van der Waals surface area contributed by atoms with Crippen LogP contribution in [0.25, 0.3) is 10.9 Å². The van der Waals surface area contributed by atoms with Gasteiger partial charge in [-0.05, 0) is 49.9 Å². The van der Waals surface area contributed by atoms with Crippen LogP contribution in [0.3, 0.4) is 0 Å². The molecule has 0 aliphatic heterocycles. The van der Waals surface area contributed by atoms with E-state index >= 15 is 0 Å².